The molecule has 1 N–H and O–H groups in total. The summed E-state index contributed by atoms with van der Waals surface area (Å²) in [4.78, 5) is 27.1. The van der Waals surface area contributed by atoms with E-state index < -0.39 is 0 Å². The van der Waals surface area contributed by atoms with Gasteiger partial charge in [-0.25, -0.2) is 4.98 Å². The van der Waals surface area contributed by atoms with E-state index in [0.717, 1.165) is 42.0 Å². The number of imidazole rings is 1. The lowest BCUT2D eigenvalue weighted by atomic mass is 9.95. The van der Waals surface area contributed by atoms with Gasteiger partial charge < -0.3 is 9.88 Å². The first-order chi connectivity index (χ1) is 12.7. The number of pyridine rings is 1. The zero-order valence-corrected chi connectivity index (χ0v) is 15.0. The van der Waals surface area contributed by atoms with E-state index in [2.05, 4.69) is 27.0 Å². The molecular weight excluding hydrogens is 328 g/mol. The van der Waals surface area contributed by atoms with Crippen LogP contribution in [-0.2, 0) is 13.0 Å². The number of hydrogen-bond donors (Lipinski definition) is 1. The molecule has 0 saturated heterocycles. The lowest BCUT2D eigenvalue weighted by Crippen LogP contribution is -2.41. The maximum Gasteiger partial charge on any atom is 0.258 e. The molecule has 3 aromatic heterocycles. The summed E-state index contributed by atoms with van der Waals surface area (Å²) in [5.41, 5.74) is 4.60. The Morgan fingerprint density at radius 3 is 2.92 bits per heavy atom. The second-order valence-corrected chi connectivity index (χ2v) is 6.56. The van der Waals surface area contributed by atoms with Crippen molar-refractivity contribution in [3.8, 4) is 0 Å². The molecule has 4 rings (SSSR count). The molecule has 1 atom stereocenters. The molecule has 0 aliphatic carbocycles. The van der Waals surface area contributed by atoms with Gasteiger partial charge in [-0.1, -0.05) is 6.92 Å². The van der Waals surface area contributed by atoms with Crippen molar-refractivity contribution in [3.05, 3.63) is 65.3 Å². The van der Waals surface area contributed by atoms with Gasteiger partial charge in [-0.3, -0.25) is 14.5 Å². The van der Waals surface area contributed by atoms with Crippen LogP contribution in [-0.4, -0.2) is 42.1 Å². The lowest BCUT2D eigenvalue weighted by molar-refractivity contribution is 0.0689. The van der Waals surface area contributed by atoms with E-state index >= 15 is 0 Å². The standard InChI is InChI=1S/C19H22N6O/c1-3-9-25-13(2)15(11-23-25)19(26)24-10-6-16-17(22-12-21-16)18(24)14-4-7-20-8-5-14/h4-5,7-8,11-12,18H,3,6,9-10H2,1-2H3,(H,21,22). The highest BCUT2D eigenvalue weighted by Gasteiger charge is 2.35. The zero-order valence-electron chi connectivity index (χ0n) is 15.0. The summed E-state index contributed by atoms with van der Waals surface area (Å²) >= 11 is 0. The summed E-state index contributed by atoms with van der Waals surface area (Å²) < 4.78 is 1.90. The molecule has 0 aromatic carbocycles. The van der Waals surface area contributed by atoms with Crippen molar-refractivity contribution in [1.29, 1.82) is 0 Å². The van der Waals surface area contributed by atoms with E-state index in [-0.39, 0.29) is 11.9 Å². The number of carbonyl (C=O) groups is 1. The monoisotopic (exact) mass is 350 g/mol. The van der Waals surface area contributed by atoms with Crippen LogP contribution in [0.25, 0.3) is 0 Å². The maximum atomic E-state index is 13.4. The normalized spacial score (nSPS) is 16.5. The molecule has 1 aliphatic heterocycles. The summed E-state index contributed by atoms with van der Waals surface area (Å²) in [6, 6.07) is 3.68. The minimum absolute atomic E-state index is 0.000292. The highest BCUT2D eigenvalue weighted by Crippen LogP contribution is 2.34. The number of H-pyrrole nitrogens is 1. The predicted molar refractivity (Wildman–Crippen MR) is 96.7 cm³/mol. The van der Waals surface area contributed by atoms with Gasteiger partial charge in [0.2, 0.25) is 0 Å². The van der Waals surface area contributed by atoms with Gasteiger partial charge in [0.15, 0.2) is 0 Å². The molecule has 4 heterocycles. The molecular formula is C19H22N6O. The minimum Gasteiger partial charge on any atom is -0.348 e. The molecule has 0 spiro atoms. The third kappa shape index (κ3) is 2.69. The van der Waals surface area contributed by atoms with Gasteiger partial charge in [-0.05, 0) is 31.0 Å². The van der Waals surface area contributed by atoms with E-state index in [9.17, 15) is 4.79 Å². The largest absolute Gasteiger partial charge is 0.348 e. The van der Waals surface area contributed by atoms with Crippen LogP contribution in [0, 0.1) is 6.92 Å². The van der Waals surface area contributed by atoms with Crippen LogP contribution in [0.1, 0.15) is 52.4 Å². The van der Waals surface area contributed by atoms with Crippen LogP contribution in [0.3, 0.4) is 0 Å². The Bertz CT molecular complexity index is 913. The van der Waals surface area contributed by atoms with Crippen molar-refractivity contribution in [1.82, 2.24) is 29.6 Å². The molecule has 134 valence electrons. The van der Waals surface area contributed by atoms with Crippen molar-refractivity contribution in [2.75, 3.05) is 6.54 Å². The number of aromatic nitrogens is 5. The number of hydrogen-bond acceptors (Lipinski definition) is 4. The highest BCUT2D eigenvalue weighted by atomic mass is 16.2. The smallest absolute Gasteiger partial charge is 0.258 e. The predicted octanol–water partition coefficient (Wildman–Crippen LogP) is 2.51. The Morgan fingerprint density at radius 1 is 1.35 bits per heavy atom. The van der Waals surface area contributed by atoms with Crippen LogP contribution in [0.5, 0.6) is 0 Å². The number of aromatic amines is 1. The van der Waals surface area contributed by atoms with Gasteiger partial charge >= 0.3 is 0 Å². The van der Waals surface area contributed by atoms with E-state index in [1.807, 2.05) is 28.6 Å². The average molecular weight is 350 g/mol. The zero-order chi connectivity index (χ0) is 18.1. The van der Waals surface area contributed by atoms with Gasteiger partial charge in [-0.2, -0.15) is 5.10 Å². The average Bonchev–Trinajstić information content (AvgIpc) is 3.28. The fourth-order valence-corrected chi connectivity index (χ4v) is 3.63. The fraction of sp³-hybridized carbons (Fsp3) is 0.368. The molecule has 7 heteroatoms. The Hall–Kier alpha value is -2.96. The highest BCUT2D eigenvalue weighted by molar-refractivity contribution is 5.95. The summed E-state index contributed by atoms with van der Waals surface area (Å²) in [5.74, 6) is 0.000292. The van der Waals surface area contributed by atoms with Crippen molar-refractivity contribution in [3.63, 3.8) is 0 Å². The van der Waals surface area contributed by atoms with Crippen LogP contribution in [0.4, 0.5) is 0 Å². The number of carbonyl (C=O) groups excluding carboxylic acids is 1. The number of fused-ring (bicyclic) bond motifs is 1. The molecule has 0 fully saturated rings. The number of nitrogens with zero attached hydrogens (tertiary/aromatic N) is 5. The van der Waals surface area contributed by atoms with E-state index in [4.69, 9.17) is 0 Å². The van der Waals surface area contributed by atoms with E-state index in [0.29, 0.717) is 12.1 Å². The number of nitrogens with one attached hydrogen (secondary N) is 1. The minimum atomic E-state index is -0.213. The second-order valence-electron chi connectivity index (χ2n) is 6.56. The molecule has 0 saturated carbocycles. The van der Waals surface area contributed by atoms with Gasteiger partial charge in [0.25, 0.3) is 5.91 Å². The third-order valence-corrected chi connectivity index (χ3v) is 4.98. The van der Waals surface area contributed by atoms with E-state index in [1.54, 1.807) is 24.9 Å². The molecule has 3 aromatic rings. The fourth-order valence-electron chi connectivity index (χ4n) is 3.63. The number of aryl methyl sites for hydroxylation is 1. The van der Waals surface area contributed by atoms with Crippen LogP contribution in [0.15, 0.2) is 37.1 Å². The maximum absolute atomic E-state index is 13.4. The molecule has 7 nitrogen and oxygen atoms in total. The number of amides is 1. The van der Waals surface area contributed by atoms with E-state index in [1.165, 1.54) is 0 Å². The molecule has 0 bridgehead atoms. The summed E-state index contributed by atoms with van der Waals surface area (Å²) in [7, 11) is 0. The first kappa shape index (κ1) is 16.5. The lowest BCUT2D eigenvalue weighted by Gasteiger charge is -2.35. The second kappa shape index (κ2) is 6.74. The van der Waals surface area contributed by atoms with Gasteiger partial charge in [0.05, 0.1) is 23.8 Å². The van der Waals surface area contributed by atoms with Crippen molar-refractivity contribution in [2.45, 2.75) is 39.3 Å². The Kier molecular flexibility index (Phi) is 4.28. The molecule has 1 amide bonds. The van der Waals surface area contributed by atoms with Crippen LogP contribution in [0.2, 0.25) is 0 Å². The van der Waals surface area contributed by atoms with Gasteiger partial charge in [0.1, 0.15) is 6.04 Å². The molecule has 1 unspecified atom stereocenters. The van der Waals surface area contributed by atoms with Gasteiger partial charge in [-0.15, -0.1) is 0 Å². The third-order valence-electron chi connectivity index (χ3n) is 4.98. The molecule has 0 radical (unpaired) electrons. The summed E-state index contributed by atoms with van der Waals surface area (Å²) in [6.45, 7) is 5.52. The summed E-state index contributed by atoms with van der Waals surface area (Å²) in [5, 5.41) is 4.39. The SMILES string of the molecule is CCCn1ncc(C(=O)N2CCc3[nH]cnc3C2c2ccncc2)c1C. The summed E-state index contributed by atoms with van der Waals surface area (Å²) in [6.07, 6.45) is 8.65. The first-order valence-electron chi connectivity index (χ1n) is 8.96. The van der Waals surface area contributed by atoms with Crippen molar-refractivity contribution in [2.24, 2.45) is 0 Å². The Balaban J connectivity index is 1.74. The number of rotatable bonds is 4. The quantitative estimate of drug-likeness (QED) is 0.784. The van der Waals surface area contributed by atoms with Crippen LogP contribution >= 0.6 is 0 Å². The Morgan fingerprint density at radius 2 is 2.15 bits per heavy atom. The Labute approximate surface area is 152 Å². The van der Waals surface area contributed by atoms with Crippen molar-refractivity contribution >= 4 is 5.91 Å². The topological polar surface area (TPSA) is 79.7 Å². The van der Waals surface area contributed by atoms with Gasteiger partial charge in [0, 0.05) is 43.3 Å². The molecule has 1 aliphatic rings. The van der Waals surface area contributed by atoms with Crippen LogP contribution < -0.4 is 0 Å². The van der Waals surface area contributed by atoms with Crippen molar-refractivity contribution < 1.29 is 4.79 Å². The molecule has 26 heavy (non-hydrogen) atoms. The first-order valence-corrected chi connectivity index (χ1v) is 8.96.